The molecule has 10 nitrogen and oxygen atoms in total. The van der Waals surface area contributed by atoms with Crippen LogP contribution >= 0.6 is 23.2 Å². The summed E-state index contributed by atoms with van der Waals surface area (Å²) in [4.78, 5) is 24.1. The van der Waals surface area contributed by atoms with Crippen molar-refractivity contribution in [2.45, 2.75) is 25.4 Å². The van der Waals surface area contributed by atoms with Gasteiger partial charge in [0.05, 0.1) is 24.5 Å². The first-order chi connectivity index (χ1) is 19.2. The van der Waals surface area contributed by atoms with Crippen LogP contribution in [-0.4, -0.2) is 45.4 Å². The second-order valence-electron chi connectivity index (χ2n) is 8.92. The van der Waals surface area contributed by atoms with Gasteiger partial charge in [-0.2, -0.15) is 0 Å². The monoisotopic (exact) mass is 585 g/mol. The fourth-order valence-electron chi connectivity index (χ4n) is 4.38. The zero-order valence-corrected chi connectivity index (χ0v) is 22.8. The van der Waals surface area contributed by atoms with E-state index in [4.69, 9.17) is 52.7 Å². The topological polar surface area (TPSA) is 126 Å². The third-order valence-electron chi connectivity index (χ3n) is 6.09. The van der Waals surface area contributed by atoms with Crippen molar-refractivity contribution in [3.05, 3.63) is 116 Å². The SMILES string of the molecule is Cc1ccc(OC[C@@H]2CO[C@@](Cn3ccnc3)(c3ccc(Cl)cc3Cl)O2)c(-c2ccccc2C=O)c1.O=[N+]([O-])O. The molecule has 40 heavy (non-hydrogen) atoms. The zero-order valence-electron chi connectivity index (χ0n) is 21.3. The Morgan fingerprint density at radius 2 is 1.98 bits per heavy atom. The number of carbonyl (C=O) groups excluding carboxylic acids is 1. The standard InChI is InChI=1S/C28H24Cl2N2O4.HNO3/c1-19-6-9-27(24(12-19)23-5-3-2-4-20(23)14-33)34-15-22-16-35-28(36-22,17-32-11-10-31-18-32)25-8-7-21(29)13-26(25)30;2-1(3)4/h2-14,18,22H,15-17H2,1H3;(H,2,3,4)/t22-,28-;/m1./s1. The van der Waals surface area contributed by atoms with Gasteiger partial charge in [0.2, 0.25) is 5.79 Å². The Morgan fingerprint density at radius 3 is 2.67 bits per heavy atom. The molecule has 0 radical (unpaired) electrons. The van der Waals surface area contributed by atoms with Gasteiger partial charge in [-0.3, -0.25) is 4.79 Å². The lowest BCUT2D eigenvalue weighted by Crippen LogP contribution is -2.34. The average molecular weight is 586 g/mol. The number of aldehydes is 1. The number of hydrogen-bond donors (Lipinski definition) is 1. The highest BCUT2D eigenvalue weighted by Crippen LogP contribution is 2.41. The van der Waals surface area contributed by atoms with E-state index in [1.165, 1.54) is 0 Å². The second kappa shape index (κ2) is 12.9. The second-order valence-corrected chi connectivity index (χ2v) is 9.76. The highest BCUT2D eigenvalue weighted by atomic mass is 35.5. The van der Waals surface area contributed by atoms with Crippen LogP contribution in [-0.2, 0) is 21.8 Å². The number of hydrogen-bond acceptors (Lipinski definition) is 7. The average Bonchev–Trinajstić information content (AvgIpc) is 3.58. The summed E-state index contributed by atoms with van der Waals surface area (Å²) in [5.41, 5.74) is 4.01. The molecule has 4 aromatic rings. The molecule has 0 unspecified atom stereocenters. The molecule has 1 N–H and O–H groups in total. The number of carbonyl (C=O) groups is 1. The van der Waals surface area contributed by atoms with Crippen molar-refractivity contribution in [3.63, 3.8) is 0 Å². The van der Waals surface area contributed by atoms with Crippen LogP contribution < -0.4 is 4.74 Å². The molecule has 0 saturated carbocycles. The minimum Gasteiger partial charge on any atom is -0.490 e. The summed E-state index contributed by atoms with van der Waals surface area (Å²) in [6.07, 6.45) is 5.73. The van der Waals surface area contributed by atoms with Crippen LogP contribution in [0.2, 0.25) is 10.0 Å². The molecule has 1 fully saturated rings. The molecule has 0 amide bonds. The van der Waals surface area contributed by atoms with Crippen molar-refractivity contribution >= 4 is 29.5 Å². The van der Waals surface area contributed by atoms with Crippen LogP contribution in [0.1, 0.15) is 21.5 Å². The summed E-state index contributed by atoms with van der Waals surface area (Å²) in [6, 6.07) is 18.6. The predicted octanol–water partition coefficient (Wildman–Crippen LogP) is 5.98. The van der Waals surface area contributed by atoms with Gasteiger partial charge in [-0.15, -0.1) is 10.1 Å². The van der Waals surface area contributed by atoms with Crippen LogP contribution in [0.4, 0.5) is 0 Å². The van der Waals surface area contributed by atoms with Gasteiger partial charge >= 0.3 is 0 Å². The molecular weight excluding hydrogens is 561 g/mol. The first-order valence-electron chi connectivity index (χ1n) is 12.0. The zero-order chi connectivity index (χ0) is 28.7. The van der Waals surface area contributed by atoms with Crippen LogP contribution in [0, 0.1) is 17.0 Å². The Hall–Kier alpha value is -3.96. The maximum atomic E-state index is 11.6. The largest absolute Gasteiger partial charge is 0.490 e. The van der Waals surface area contributed by atoms with Gasteiger partial charge in [0, 0.05) is 34.1 Å². The van der Waals surface area contributed by atoms with Gasteiger partial charge in [0.25, 0.3) is 5.09 Å². The number of halogens is 2. The van der Waals surface area contributed by atoms with E-state index in [-0.39, 0.29) is 12.7 Å². The summed E-state index contributed by atoms with van der Waals surface area (Å²) in [6.45, 7) is 2.91. The van der Waals surface area contributed by atoms with E-state index in [2.05, 4.69) is 4.98 Å². The molecule has 0 aliphatic carbocycles. The molecule has 208 valence electrons. The van der Waals surface area contributed by atoms with E-state index in [1.807, 2.05) is 60.2 Å². The van der Waals surface area contributed by atoms with Gasteiger partial charge < -0.3 is 24.0 Å². The molecule has 1 saturated heterocycles. The van der Waals surface area contributed by atoms with Gasteiger partial charge in [-0.05, 0) is 36.8 Å². The molecule has 1 aliphatic heterocycles. The van der Waals surface area contributed by atoms with Gasteiger partial charge in [0.15, 0.2) is 6.29 Å². The van der Waals surface area contributed by atoms with Crippen molar-refractivity contribution < 1.29 is 29.3 Å². The third kappa shape index (κ3) is 6.97. The maximum absolute atomic E-state index is 11.6. The van der Waals surface area contributed by atoms with Crippen molar-refractivity contribution in [2.75, 3.05) is 13.2 Å². The first-order valence-corrected chi connectivity index (χ1v) is 12.8. The molecular formula is C28H25Cl2N3O7. The lowest BCUT2D eigenvalue weighted by molar-refractivity contribution is -0.742. The van der Waals surface area contributed by atoms with Crippen molar-refractivity contribution in [1.82, 2.24) is 9.55 Å². The van der Waals surface area contributed by atoms with E-state index in [0.29, 0.717) is 40.1 Å². The smallest absolute Gasteiger partial charge is 0.291 e. The fraction of sp³-hybridized carbons (Fsp3) is 0.214. The van der Waals surface area contributed by atoms with E-state index in [1.54, 1.807) is 30.7 Å². The number of benzene rings is 3. The minimum atomic E-state index is -1.50. The first kappa shape index (κ1) is 29.0. The van der Waals surface area contributed by atoms with E-state index < -0.39 is 10.9 Å². The maximum Gasteiger partial charge on any atom is 0.291 e. The molecule has 2 heterocycles. The minimum absolute atomic E-state index is 0.246. The van der Waals surface area contributed by atoms with E-state index in [0.717, 1.165) is 23.0 Å². The summed E-state index contributed by atoms with van der Waals surface area (Å²) in [5.74, 6) is -0.466. The lowest BCUT2D eigenvalue weighted by Gasteiger charge is -2.30. The van der Waals surface area contributed by atoms with Crippen LogP contribution in [0.15, 0.2) is 79.4 Å². The quantitative estimate of drug-likeness (QED) is 0.152. The Morgan fingerprint density at radius 1 is 1.20 bits per heavy atom. The summed E-state index contributed by atoms with van der Waals surface area (Å²) in [7, 11) is 0. The molecule has 0 bridgehead atoms. The van der Waals surface area contributed by atoms with Gasteiger partial charge in [0.1, 0.15) is 18.5 Å². The molecule has 12 heteroatoms. The summed E-state index contributed by atoms with van der Waals surface area (Å²) < 4.78 is 20.9. The van der Waals surface area contributed by atoms with Crippen LogP contribution in [0.25, 0.3) is 11.1 Å². The van der Waals surface area contributed by atoms with Gasteiger partial charge in [-0.25, -0.2) is 4.98 Å². The Labute approximate surface area is 239 Å². The number of rotatable bonds is 8. The molecule has 5 rings (SSSR count). The normalized spacial score (nSPS) is 18.0. The number of nitrogens with zero attached hydrogens (tertiary/aromatic N) is 3. The Balaban J connectivity index is 0.000000867. The fourth-order valence-corrected chi connectivity index (χ4v) is 4.94. The molecule has 2 atom stereocenters. The van der Waals surface area contributed by atoms with Crippen molar-refractivity contribution in [3.8, 4) is 16.9 Å². The summed E-state index contributed by atoms with van der Waals surface area (Å²) in [5, 5.41) is 14.6. The number of imidazole rings is 1. The summed E-state index contributed by atoms with van der Waals surface area (Å²) >= 11 is 12.7. The van der Waals surface area contributed by atoms with E-state index in [9.17, 15) is 4.79 Å². The lowest BCUT2D eigenvalue weighted by atomic mass is 9.98. The Bertz CT molecular complexity index is 1480. The van der Waals surface area contributed by atoms with Gasteiger partial charge in [-0.1, -0.05) is 65.2 Å². The molecule has 0 spiro atoms. The Kier molecular flexibility index (Phi) is 9.38. The highest BCUT2D eigenvalue weighted by molar-refractivity contribution is 6.35. The molecule has 1 aliphatic rings. The molecule has 1 aromatic heterocycles. The number of aromatic nitrogens is 2. The van der Waals surface area contributed by atoms with Crippen molar-refractivity contribution in [1.29, 1.82) is 0 Å². The predicted molar refractivity (Wildman–Crippen MR) is 147 cm³/mol. The van der Waals surface area contributed by atoms with Crippen molar-refractivity contribution in [2.24, 2.45) is 0 Å². The molecule has 3 aromatic carbocycles. The van der Waals surface area contributed by atoms with Crippen LogP contribution in [0.3, 0.4) is 0 Å². The number of ether oxygens (including phenoxy) is 3. The van der Waals surface area contributed by atoms with E-state index >= 15 is 0 Å². The third-order valence-corrected chi connectivity index (χ3v) is 6.64. The number of aryl methyl sites for hydroxylation is 1. The highest BCUT2D eigenvalue weighted by Gasteiger charge is 2.45. The van der Waals surface area contributed by atoms with Crippen LogP contribution in [0.5, 0.6) is 5.75 Å².